The van der Waals surface area contributed by atoms with Crippen molar-refractivity contribution in [2.45, 2.75) is 38.1 Å². The van der Waals surface area contributed by atoms with Gasteiger partial charge in [-0.25, -0.2) is 4.39 Å². The zero-order chi connectivity index (χ0) is 16.9. The molecule has 1 aromatic carbocycles. The molecule has 1 N–H and O–H groups in total. The van der Waals surface area contributed by atoms with Crippen LogP contribution in [0.4, 0.5) is 10.1 Å². The molecule has 130 valence electrons. The van der Waals surface area contributed by atoms with E-state index in [2.05, 4.69) is 5.32 Å². The monoisotopic (exact) mass is 333 g/mol. The first-order chi connectivity index (χ1) is 11.6. The molecule has 1 atom stereocenters. The third-order valence-electron chi connectivity index (χ3n) is 4.74. The van der Waals surface area contributed by atoms with Gasteiger partial charge in [0.05, 0.1) is 6.54 Å². The smallest absolute Gasteiger partial charge is 0.242 e. The highest BCUT2D eigenvalue weighted by atomic mass is 19.1. The quantitative estimate of drug-likeness (QED) is 0.919. The molecule has 3 rings (SSSR count). The second kappa shape index (κ2) is 7.64. The van der Waals surface area contributed by atoms with Crippen LogP contribution in [0.25, 0.3) is 0 Å². The highest BCUT2D eigenvalue weighted by molar-refractivity contribution is 5.85. The Balaban J connectivity index is 1.53. The molecule has 0 aromatic heterocycles. The summed E-state index contributed by atoms with van der Waals surface area (Å²) in [4.78, 5) is 27.9. The number of hydrogen-bond donors (Lipinski definition) is 1. The number of nitrogens with one attached hydrogen (secondary N) is 1. The van der Waals surface area contributed by atoms with Gasteiger partial charge in [-0.15, -0.1) is 0 Å². The van der Waals surface area contributed by atoms with E-state index in [0.29, 0.717) is 19.5 Å². The number of rotatable bonds is 4. The first-order valence-electron chi connectivity index (χ1n) is 8.69. The lowest BCUT2D eigenvalue weighted by atomic mass is 10.0. The van der Waals surface area contributed by atoms with Gasteiger partial charge in [0.2, 0.25) is 11.8 Å². The van der Waals surface area contributed by atoms with Gasteiger partial charge in [-0.1, -0.05) is 0 Å². The maximum atomic E-state index is 13.0. The van der Waals surface area contributed by atoms with Gasteiger partial charge in [0.1, 0.15) is 5.82 Å². The SMILES string of the molecule is O=C1CCCCN1CC(=O)N1CCC[C@H](Nc2ccc(F)cc2)C1. The van der Waals surface area contributed by atoms with E-state index in [1.54, 1.807) is 17.0 Å². The lowest BCUT2D eigenvalue weighted by Crippen LogP contribution is -2.50. The van der Waals surface area contributed by atoms with Crippen molar-refractivity contribution in [1.82, 2.24) is 9.80 Å². The Morgan fingerprint density at radius 2 is 1.96 bits per heavy atom. The molecule has 0 unspecified atom stereocenters. The van der Waals surface area contributed by atoms with Crippen LogP contribution in [0, 0.1) is 5.82 Å². The minimum absolute atomic E-state index is 0.0239. The van der Waals surface area contributed by atoms with Gasteiger partial charge in [-0.3, -0.25) is 9.59 Å². The number of hydrogen-bond acceptors (Lipinski definition) is 3. The number of likely N-dealkylation sites (tertiary alicyclic amines) is 2. The minimum atomic E-state index is -0.257. The van der Waals surface area contributed by atoms with Crippen molar-refractivity contribution < 1.29 is 14.0 Å². The third kappa shape index (κ3) is 4.24. The fraction of sp³-hybridized carbons (Fsp3) is 0.556. The molecule has 2 aliphatic heterocycles. The average Bonchev–Trinajstić information content (AvgIpc) is 2.59. The number of carbonyl (C=O) groups is 2. The number of halogens is 1. The van der Waals surface area contributed by atoms with E-state index in [4.69, 9.17) is 0 Å². The van der Waals surface area contributed by atoms with Crippen LogP contribution in [-0.4, -0.2) is 53.8 Å². The molecule has 5 nitrogen and oxygen atoms in total. The number of nitrogens with zero attached hydrogens (tertiary/aromatic N) is 2. The summed E-state index contributed by atoms with van der Waals surface area (Å²) in [7, 11) is 0. The van der Waals surface area contributed by atoms with Gasteiger partial charge in [0.15, 0.2) is 0 Å². The largest absolute Gasteiger partial charge is 0.381 e. The number of benzene rings is 1. The van der Waals surface area contributed by atoms with Gasteiger partial charge >= 0.3 is 0 Å². The van der Waals surface area contributed by atoms with Crippen molar-refractivity contribution in [3.05, 3.63) is 30.1 Å². The summed E-state index contributed by atoms with van der Waals surface area (Å²) in [6.07, 6.45) is 4.37. The Kier molecular flexibility index (Phi) is 5.33. The average molecular weight is 333 g/mol. The van der Waals surface area contributed by atoms with Gasteiger partial charge in [-0.05, 0) is 49.9 Å². The number of piperidine rings is 2. The Bertz CT molecular complexity index is 590. The first-order valence-corrected chi connectivity index (χ1v) is 8.69. The lowest BCUT2D eigenvalue weighted by molar-refractivity contribution is -0.142. The molecule has 0 bridgehead atoms. The van der Waals surface area contributed by atoms with Gasteiger partial charge in [-0.2, -0.15) is 0 Å². The van der Waals surface area contributed by atoms with E-state index in [9.17, 15) is 14.0 Å². The Labute approximate surface area is 141 Å². The molecule has 2 heterocycles. The van der Waals surface area contributed by atoms with Crippen LogP contribution in [0.15, 0.2) is 24.3 Å². The topological polar surface area (TPSA) is 52.7 Å². The van der Waals surface area contributed by atoms with E-state index < -0.39 is 0 Å². The fourth-order valence-electron chi connectivity index (χ4n) is 3.40. The maximum absolute atomic E-state index is 13.0. The van der Waals surface area contributed by atoms with Crippen molar-refractivity contribution in [2.75, 3.05) is 31.5 Å². The predicted molar refractivity (Wildman–Crippen MR) is 90.1 cm³/mol. The van der Waals surface area contributed by atoms with E-state index >= 15 is 0 Å². The molecule has 0 aliphatic carbocycles. The molecule has 0 spiro atoms. The zero-order valence-electron chi connectivity index (χ0n) is 13.8. The van der Waals surface area contributed by atoms with Crippen molar-refractivity contribution in [1.29, 1.82) is 0 Å². The standard InChI is InChI=1S/C18H24FN3O2/c19-14-6-8-15(9-7-14)20-16-4-3-11-21(12-16)18(24)13-22-10-2-1-5-17(22)23/h6-9,16,20H,1-5,10-13H2/t16-/m0/s1. The second-order valence-corrected chi connectivity index (χ2v) is 6.60. The lowest BCUT2D eigenvalue weighted by Gasteiger charge is -2.35. The fourth-order valence-corrected chi connectivity index (χ4v) is 3.40. The summed E-state index contributed by atoms with van der Waals surface area (Å²) in [6.45, 7) is 2.25. The Morgan fingerprint density at radius 3 is 2.71 bits per heavy atom. The second-order valence-electron chi connectivity index (χ2n) is 6.60. The van der Waals surface area contributed by atoms with E-state index in [0.717, 1.165) is 37.9 Å². The van der Waals surface area contributed by atoms with Crippen molar-refractivity contribution >= 4 is 17.5 Å². The Hall–Kier alpha value is -2.11. The molecule has 1 aromatic rings. The summed E-state index contributed by atoms with van der Waals surface area (Å²) in [6, 6.07) is 6.43. The van der Waals surface area contributed by atoms with Crippen LogP contribution in [0.2, 0.25) is 0 Å². The molecule has 6 heteroatoms. The highest BCUT2D eigenvalue weighted by Gasteiger charge is 2.27. The van der Waals surface area contributed by atoms with Crippen molar-refractivity contribution in [2.24, 2.45) is 0 Å². The predicted octanol–water partition coefficient (Wildman–Crippen LogP) is 2.24. The molecule has 2 fully saturated rings. The number of amides is 2. The van der Waals surface area contributed by atoms with E-state index in [-0.39, 0.29) is 30.2 Å². The molecular formula is C18H24FN3O2. The highest BCUT2D eigenvalue weighted by Crippen LogP contribution is 2.18. The van der Waals surface area contributed by atoms with Crippen molar-refractivity contribution in [3.8, 4) is 0 Å². The van der Waals surface area contributed by atoms with E-state index in [1.165, 1.54) is 12.1 Å². The van der Waals surface area contributed by atoms with Crippen LogP contribution in [-0.2, 0) is 9.59 Å². The van der Waals surface area contributed by atoms with Gasteiger partial charge in [0.25, 0.3) is 0 Å². The van der Waals surface area contributed by atoms with Crippen LogP contribution < -0.4 is 5.32 Å². The first kappa shape index (κ1) is 16.7. The minimum Gasteiger partial charge on any atom is -0.381 e. The van der Waals surface area contributed by atoms with Crippen LogP contribution in [0.1, 0.15) is 32.1 Å². The maximum Gasteiger partial charge on any atom is 0.242 e. The summed E-state index contributed by atoms with van der Waals surface area (Å²) < 4.78 is 13.0. The molecule has 0 saturated carbocycles. The van der Waals surface area contributed by atoms with Crippen LogP contribution in [0.3, 0.4) is 0 Å². The number of carbonyl (C=O) groups excluding carboxylic acids is 2. The zero-order valence-corrected chi connectivity index (χ0v) is 13.8. The molecule has 24 heavy (non-hydrogen) atoms. The molecule has 0 radical (unpaired) electrons. The van der Waals surface area contributed by atoms with Gasteiger partial charge < -0.3 is 15.1 Å². The van der Waals surface area contributed by atoms with E-state index in [1.807, 2.05) is 4.90 Å². The summed E-state index contributed by atoms with van der Waals surface area (Å²) >= 11 is 0. The molecule has 2 aliphatic rings. The van der Waals surface area contributed by atoms with Gasteiger partial charge in [0, 0.05) is 37.8 Å². The molecule has 2 saturated heterocycles. The normalized spacial score (nSPS) is 21.7. The number of anilines is 1. The van der Waals surface area contributed by atoms with Crippen LogP contribution >= 0.6 is 0 Å². The summed E-state index contributed by atoms with van der Waals surface area (Å²) in [5.74, 6) is -0.143. The molecular weight excluding hydrogens is 309 g/mol. The molecule has 2 amide bonds. The van der Waals surface area contributed by atoms with Crippen molar-refractivity contribution in [3.63, 3.8) is 0 Å². The Morgan fingerprint density at radius 1 is 1.17 bits per heavy atom. The summed E-state index contributed by atoms with van der Waals surface area (Å²) in [5.41, 5.74) is 0.863. The summed E-state index contributed by atoms with van der Waals surface area (Å²) in [5, 5.41) is 3.36. The van der Waals surface area contributed by atoms with Crippen LogP contribution in [0.5, 0.6) is 0 Å². The third-order valence-corrected chi connectivity index (χ3v) is 4.74.